The van der Waals surface area contributed by atoms with Gasteiger partial charge in [0, 0.05) is 42.1 Å². The summed E-state index contributed by atoms with van der Waals surface area (Å²) < 4.78 is 17.0. The van der Waals surface area contributed by atoms with Gasteiger partial charge in [0.25, 0.3) is 5.89 Å². The number of nitrogens with zero attached hydrogens (tertiary/aromatic N) is 4. The maximum atomic E-state index is 12.9. The van der Waals surface area contributed by atoms with Gasteiger partial charge < -0.3 is 24.2 Å². The van der Waals surface area contributed by atoms with E-state index in [2.05, 4.69) is 21.5 Å². The van der Waals surface area contributed by atoms with Gasteiger partial charge in [0.15, 0.2) is 0 Å². The zero-order valence-corrected chi connectivity index (χ0v) is 21.9. The Morgan fingerprint density at radius 3 is 2.76 bits per heavy atom. The summed E-state index contributed by atoms with van der Waals surface area (Å²) in [6.45, 7) is 7.88. The third-order valence-corrected chi connectivity index (χ3v) is 6.73. The number of carbonyl (C=O) groups is 1. The summed E-state index contributed by atoms with van der Waals surface area (Å²) in [5.74, 6) is 1.29. The van der Waals surface area contributed by atoms with Gasteiger partial charge in [0.2, 0.25) is 5.82 Å². The van der Waals surface area contributed by atoms with Crippen LogP contribution in [0, 0.1) is 11.3 Å². The highest BCUT2D eigenvalue weighted by molar-refractivity contribution is 5.89. The van der Waals surface area contributed by atoms with Crippen LogP contribution in [-0.4, -0.2) is 53.0 Å². The van der Waals surface area contributed by atoms with Crippen LogP contribution < -0.4 is 10.1 Å². The molecule has 2 heterocycles. The fraction of sp³-hybridized carbons (Fsp3) is 0.379. The van der Waals surface area contributed by atoms with E-state index in [-0.39, 0.29) is 18.2 Å². The Morgan fingerprint density at radius 1 is 1.24 bits per heavy atom. The predicted octanol–water partition coefficient (Wildman–Crippen LogP) is 5.17. The van der Waals surface area contributed by atoms with Crippen LogP contribution >= 0.6 is 0 Å². The Kier molecular flexibility index (Phi) is 7.43. The molecule has 3 aromatic rings. The fourth-order valence-electron chi connectivity index (χ4n) is 4.91. The lowest BCUT2D eigenvalue weighted by molar-refractivity contribution is 0.0223. The van der Waals surface area contributed by atoms with Crippen molar-refractivity contribution in [3.8, 4) is 34.7 Å². The molecule has 2 aliphatic rings. The number of urea groups is 1. The third-order valence-electron chi connectivity index (χ3n) is 6.73. The first-order valence-electron chi connectivity index (χ1n) is 13.0. The number of piperidine rings is 1. The first-order chi connectivity index (χ1) is 18.5. The van der Waals surface area contributed by atoms with Gasteiger partial charge in [-0.1, -0.05) is 29.4 Å². The molecule has 0 atom stereocenters. The van der Waals surface area contributed by atoms with Crippen molar-refractivity contribution in [2.45, 2.75) is 52.2 Å². The molecule has 9 heteroatoms. The lowest BCUT2D eigenvalue weighted by Crippen LogP contribution is -2.45. The van der Waals surface area contributed by atoms with Crippen molar-refractivity contribution in [3.63, 3.8) is 0 Å². The number of amides is 2. The maximum absolute atomic E-state index is 12.9. The minimum atomic E-state index is -0.0931. The molecule has 1 aliphatic carbocycles. The Morgan fingerprint density at radius 2 is 2.03 bits per heavy atom. The fourth-order valence-corrected chi connectivity index (χ4v) is 4.91. The van der Waals surface area contributed by atoms with Crippen molar-refractivity contribution >= 4 is 11.7 Å². The number of nitrogens with one attached hydrogen (secondary N) is 1. The van der Waals surface area contributed by atoms with E-state index in [9.17, 15) is 10.1 Å². The van der Waals surface area contributed by atoms with Gasteiger partial charge in [-0.15, -0.1) is 0 Å². The summed E-state index contributed by atoms with van der Waals surface area (Å²) >= 11 is 0. The third kappa shape index (κ3) is 5.27. The SMILES string of the molecule is CCOC1CCN(C(=O)NC2=CCc3c2cccc3-c2noc(-c3ccc(OC(C)C)c(C#N)c3)n2)CC1. The number of rotatable bonds is 7. The molecule has 0 unspecified atom stereocenters. The smallest absolute Gasteiger partial charge is 0.321 e. The van der Waals surface area contributed by atoms with Crippen LogP contribution in [0.15, 0.2) is 47.0 Å². The molecule has 1 aromatic heterocycles. The number of benzene rings is 2. The Bertz CT molecular complexity index is 1400. The van der Waals surface area contributed by atoms with E-state index in [1.165, 1.54) is 0 Å². The summed E-state index contributed by atoms with van der Waals surface area (Å²) in [7, 11) is 0. The predicted molar refractivity (Wildman–Crippen MR) is 142 cm³/mol. The van der Waals surface area contributed by atoms with Crippen LogP contribution in [0.5, 0.6) is 5.75 Å². The number of allylic oxidation sites excluding steroid dienone is 1. The number of hydrogen-bond acceptors (Lipinski definition) is 7. The van der Waals surface area contributed by atoms with Crippen molar-refractivity contribution in [1.82, 2.24) is 20.4 Å². The molecule has 0 spiro atoms. The standard InChI is InChI=1S/C29H31N5O4/c1-4-36-21-12-14-34(15-13-21)29(35)31-25-10-9-22-23(25)6-5-7-24(22)27-32-28(38-33-27)19-8-11-26(37-18(2)3)20(16-19)17-30/h5-8,10-11,16,18,21H,4,9,12-15H2,1-3H3,(H,31,35). The summed E-state index contributed by atoms with van der Waals surface area (Å²) in [5, 5.41) is 16.9. The number of nitriles is 1. The summed E-state index contributed by atoms with van der Waals surface area (Å²) in [6, 6.07) is 13.2. The molecule has 0 bridgehead atoms. The number of likely N-dealkylation sites (tertiary alicyclic amines) is 1. The van der Waals surface area contributed by atoms with Crippen LogP contribution in [0.4, 0.5) is 4.79 Å². The number of fused-ring (bicyclic) bond motifs is 1. The summed E-state index contributed by atoms with van der Waals surface area (Å²) in [6.07, 6.45) is 4.56. The van der Waals surface area contributed by atoms with Gasteiger partial charge in [-0.2, -0.15) is 10.2 Å². The highest BCUT2D eigenvalue weighted by atomic mass is 16.5. The van der Waals surface area contributed by atoms with Gasteiger partial charge in [-0.3, -0.25) is 0 Å². The van der Waals surface area contributed by atoms with Gasteiger partial charge in [0.1, 0.15) is 11.8 Å². The van der Waals surface area contributed by atoms with E-state index in [1.54, 1.807) is 18.2 Å². The molecule has 1 aliphatic heterocycles. The van der Waals surface area contributed by atoms with Crippen LogP contribution in [-0.2, 0) is 11.2 Å². The second kappa shape index (κ2) is 11.1. The zero-order valence-electron chi connectivity index (χ0n) is 21.9. The molecule has 0 radical (unpaired) electrons. The summed E-state index contributed by atoms with van der Waals surface area (Å²) in [5.41, 5.74) is 4.67. The number of hydrogen-bond donors (Lipinski definition) is 1. The monoisotopic (exact) mass is 513 g/mol. The molecule has 9 nitrogen and oxygen atoms in total. The van der Waals surface area contributed by atoms with Crippen LogP contribution in [0.2, 0.25) is 0 Å². The van der Waals surface area contributed by atoms with Crippen LogP contribution in [0.25, 0.3) is 28.5 Å². The minimum absolute atomic E-state index is 0.0426. The zero-order chi connectivity index (χ0) is 26.6. The van der Waals surface area contributed by atoms with Crippen molar-refractivity contribution in [2.24, 2.45) is 0 Å². The Hall–Kier alpha value is -4.16. The van der Waals surface area contributed by atoms with Crippen LogP contribution in [0.3, 0.4) is 0 Å². The van der Waals surface area contributed by atoms with Crippen molar-refractivity contribution in [3.05, 3.63) is 59.2 Å². The Balaban J connectivity index is 1.31. The van der Waals surface area contributed by atoms with Gasteiger partial charge in [-0.05, 0) is 63.8 Å². The molecule has 1 fully saturated rings. The largest absolute Gasteiger partial charge is 0.490 e. The number of carbonyl (C=O) groups excluding carboxylic acids is 1. The second-order valence-corrected chi connectivity index (χ2v) is 9.64. The van der Waals surface area contributed by atoms with E-state index in [4.69, 9.17) is 14.0 Å². The van der Waals surface area contributed by atoms with E-state index < -0.39 is 0 Å². The van der Waals surface area contributed by atoms with Crippen molar-refractivity contribution < 1.29 is 18.8 Å². The van der Waals surface area contributed by atoms with E-state index in [0.717, 1.165) is 35.2 Å². The van der Waals surface area contributed by atoms with Crippen LogP contribution in [0.1, 0.15) is 50.3 Å². The minimum Gasteiger partial charge on any atom is -0.490 e. The molecule has 2 amide bonds. The number of ether oxygens (including phenoxy) is 2. The molecule has 5 rings (SSSR count). The van der Waals surface area contributed by atoms with E-state index >= 15 is 0 Å². The molecular weight excluding hydrogens is 482 g/mol. The lowest BCUT2D eigenvalue weighted by atomic mass is 10.0. The molecule has 196 valence electrons. The molecule has 0 saturated carbocycles. The summed E-state index contributed by atoms with van der Waals surface area (Å²) in [4.78, 5) is 19.4. The van der Waals surface area contributed by atoms with Crippen molar-refractivity contribution in [2.75, 3.05) is 19.7 Å². The quantitative estimate of drug-likeness (QED) is 0.464. The van der Waals surface area contributed by atoms with E-state index in [1.807, 2.05) is 49.9 Å². The van der Waals surface area contributed by atoms with Gasteiger partial charge in [-0.25, -0.2) is 4.79 Å². The molecule has 1 N–H and O–H groups in total. The second-order valence-electron chi connectivity index (χ2n) is 9.64. The lowest BCUT2D eigenvalue weighted by Gasteiger charge is -2.32. The maximum Gasteiger partial charge on any atom is 0.321 e. The highest BCUT2D eigenvalue weighted by Crippen LogP contribution is 2.34. The number of aromatic nitrogens is 2. The average molecular weight is 514 g/mol. The molecule has 38 heavy (non-hydrogen) atoms. The van der Waals surface area contributed by atoms with Gasteiger partial charge in [0.05, 0.1) is 17.8 Å². The highest BCUT2D eigenvalue weighted by Gasteiger charge is 2.26. The van der Waals surface area contributed by atoms with Gasteiger partial charge >= 0.3 is 6.03 Å². The Labute approximate surface area is 222 Å². The normalized spacial score (nSPS) is 15.2. The molecule has 2 aromatic carbocycles. The molecular formula is C29H31N5O4. The first-order valence-corrected chi connectivity index (χ1v) is 13.0. The van der Waals surface area contributed by atoms with E-state index in [0.29, 0.717) is 54.7 Å². The average Bonchev–Trinajstić information content (AvgIpc) is 3.57. The van der Waals surface area contributed by atoms with Crippen molar-refractivity contribution in [1.29, 1.82) is 5.26 Å². The topological polar surface area (TPSA) is 114 Å². The first kappa shape index (κ1) is 25.5. The molecule has 1 saturated heterocycles.